The monoisotopic (exact) mass is 239 g/mol. The van der Waals surface area contributed by atoms with Crippen LogP contribution in [0.25, 0.3) is 11.3 Å². The highest BCUT2D eigenvalue weighted by atomic mass is 19.3. The molecular weight excluding hydrogens is 226 g/mol. The number of rotatable bonds is 3. The van der Waals surface area contributed by atoms with Crippen molar-refractivity contribution in [2.24, 2.45) is 0 Å². The molecule has 0 aliphatic rings. The highest BCUT2D eigenvalue weighted by Gasteiger charge is 2.15. The standard InChI is InChI=1S/C11H13F2N4/c1-4-16-7(2)5-10(15-16)9-6-17(11(12)13)14-8(9)3/h6,11H,4H2,1-3H3. The van der Waals surface area contributed by atoms with E-state index in [2.05, 4.69) is 16.3 Å². The molecule has 0 spiro atoms. The second kappa shape index (κ2) is 4.27. The van der Waals surface area contributed by atoms with Gasteiger partial charge in [0.25, 0.3) is 0 Å². The predicted molar refractivity (Wildman–Crippen MR) is 58.7 cm³/mol. The Morgan fingerprint density at radius 1 is 1.35 bits per heavy atom. The van der Waals surface area contributed by atoms with E-state index in [-0.39, 0.29) is 0 Å². The quantitative estimate of drug-likeness (QED) is 0.825. The van der Waals surface area contributed by atoms with Gasteiger partial charge in [0.2, 0.25) is 0 Å². The lowest BCUT2D eigenvalue weighted by Gasteiger charge is -1.96. The van der Waals surface area contributed by atoms with Crippen LogP contribution in [0, 0.1) is 19.9 Å². The molecule has 1 radical (unpaired) electrons. The van der Waals surface area contributed by atoms with Crippen molar-refractivity contribution in [1.82, 2.24) is 19.6 Å². The molecule has 0 saturated heterocycles. The molecule has 0 atom stereocenters. The topological polar surface area (TPSA) is 35.6 Å². The van der Waals surface area contributed by atoms with Gasteiger partial charge in [0.15, 0.2) is 0 Å². The van der Waals surface area contributed by atoms with Gasteiger partial charge in [0, 0.05) is 30.1 Å². The first-order valence-electron chi connectivity index (χ1n) is 5.34. The Balaban J connectivity index is 2.45. The Labute approximate surface area is 97.9 Å². The molecule has 4 nitrogen and oxygen atoms in total. The Morgan fingerprint density at radius 2 is 2.06 bits per heavy atom. The second-order valence-corrected chi connectivity index (χ2v) is 3.76. The van der Waals surface area contributed by atoms with Crippen LogP contribution in [-0.4, -0.2) is 19.6 Å². The van der Waals surface area contributed by atoms with Crippen LogP contribution in [0.2, 0.25) is 0 Å². The van der Waals surface area contributed by atoms with Crippen LogP contribution in [-0.2, 0) is 6.54 Å². The minimum absolute atomic E-state index is 0.530. The first-order chi connectivity index (χ1) is 8.02. The summed E-state index contributed by atoms with van der Waals surface area (Å²) in [5, 5.41) is 8.04. The van der Waals surface area contributed by atoms with E-state index < -0.39 is 6.55 Å². The van der Waals surface area contributed by atoms with E-state index in [1.54, 1.807) is 11.6 Å². The van der Waals surface area contributed by atoms with Crippen molar-refractivity contribution in [3.8, 4) is 11.3 Å². The maximum Gasteiger partial charge on any atom is 0.333 e. The molecule has 0 aromatic carbocycles. The lowest BCUT2D eigenvalue weighted by molar-refractivity contribution is 0.0563. The summed E-state index contributed by atoms with van der Waals surface area (Å²) in [6.07, 6.45) is 1.30. The fraction of sp³-hybridized carbons (Fsp3) is 0.455. The van der Waals surface area contributed by atoms with Gasteiger partial charge in [-0.2, -0.15) is 19.0 Å². The van der Waals surface area contributed by atoms with Crippen LogP contribution in [0.15, 0.2) is 6.20 Å². The highest BCUT2D eigenvalue weighted by Crippen LogP contribution is 2.23. The van der Waals surface area contributed by atoms with Gasteiger partial charge in [0.05, 0.1) is 5.69 Å². The van der Waals surface area contributed by atoms with Crippen LogP contribution < -0.4 is 0 Å². The molecule has 17 heavy (non-hydrogen) atoms. The molecule has 0 unspecified atom stereocenters. The molecule has 0 amide bonds. The molecule has 0 bridgehead atoms. The third-order valence-electron chi connectivity index (χ3n) is 2.58. The lowest BCUT2D eigenvalue weighted by Crippen LogP contribution is -1.98. The molecule has 2 heterocycles. The summed E-state index contributed by atoms with van der Waals surface area (Å²) >= 11 is 0. The van der Waals surface area contributed by atoms with Gasteiger partial charge < -0.3 is 0 Å². The summed E-state index contributed by atoms with van der Waals surface area (Å²) in [6.45, 7) is 3.63. The van der Waals surface area contributed by atoms with Gasteiger partial charge in [-0.1, -0.05) is 0 Å². The van der Waals surface area contributed by atoms with Crippen LogP contribution in [0.3, 0.4) is 0 Å². The van der Waals surface area contributed by atoms with Crippen molar-refractivity contribution in [3.63, 3.8) is 0 Å². The van der Waals surface area contributed by atoms with Crippen LogP contribution in [0.1, 0.15) is 24.9 Å². The first kappa shape index (κ1) is 11.8. The Morgan fingerprint density at radius 3 is 2.53 bits per heavy atom. The largest absolute Gasteiger partial charge is 0.333 e. The summed E-state index contributed by atoms with van der Waals surface area (Å²) < 4.78 is 27.4. The zero-order chi connectivity index (χ0) is 12.6. The molecule has 6 heteroatoms. The molecule has 2 rings (SSSR count). The number of hydrogen-bond donors (Lipinski definition) is 0. The van der Waals surface area contributed by atoms with Crippen molar-refractivity contribution >= 4 is 0 Å². The van der Waals surface area contributed by atoms with Gasteiger partial charge in [-0.25, -0.2) is 4.68 Å². The van der Waals surface area contributed by atoms with Crippen molar-refractivity contribution in [2.75, 3.05) is 0 Å². The summed E-state index contributed by atoms with van der Waals surface area (Å²) in [7, 11) is 0. The minimum Gasteiger partial charge on any atom is -0.269 e. The van der Waals surface area contributed by atoms with E-state index in [0.717, 1.165) is 12.2 Å². The molecule has 2 aromatic heterocycles. The molecule has 0 N–H and O–H groups in total. The van der Waals surface area contributed by atoms with Crippen LogP contribution in [0.5, 0.6) is 0 Å². The number of aromatic nitrogens is 4. The predicted octanol–water partition coefficient (Wildman–Crippen LogP) is 2.58. The molecule has 0 aliphatic heterocycles. The number of halogens is 2. The van der Waals surface area contributed by atoms with E-state index in [1.807, 2.05) is 13.8 Å². The van der Waals surface area contributed by atoms with Crippen molar-refractivity contribution in [3.05, 3.63) is 23.7 Å². The van der Waals surface area contributed by atoms with E-state index in [4.69, 9.17) is 0 Å². The van der Waals surface area contributed by atoms with Crippen molar-refractivity contribution < 1.29 is 8.78 Å². The number of hydrogen-bond acceptors (Lipinski definition) is 2. The third-order valence-corrected chi connectivity index (χ3v) is 2.58. The molecule has 0 saturated carbocycles. The Kier molecular flexibility index (Phi) is 2.95. The molecular formula is C11H13F2N4. The normalized spacial score (nSPS) is 11.4. The van der Waals surface area contributed by atoms with Gasteiger partial charge >= 0.3 is 6.55 Å². The molecule has 2 aromatic rings. The van der Waals surface area contributed by atoms with E-state index in [9.17, 15) is 8.78 Å². The molecule has 0 fully saturated rings. The second-order valence-electron chi connectivity index (χ2n) is 3.76. The van der Waals surface area contributed by atoms with E-state index >= 15 is 0 Å². The maximum atomic E-state index is 12.5. The molecule has 91 valence electrons. The zero-order valence-electron chi connectivity index (χ0n) is 9.91. The number of nitrogens with zero attached hydrogens (tertiary/aromatic N) is 4. The number of alkyl halides is 2. The SMILES string of the molecule is CCn1nc(-c2cn(C(F)F)nc2C)[c]c1C. The van der Waals surface area contributed by atoms with Crippen LogP contribution in [0.4, 0.5) is 8.78 Å². The fourth-order valence-corrected chi connectivity index (χ4v) is 1.70. The summed E-state index contributed by atoms with van der Waals surface area (Å²) in [4.78, 5) is 0. The van der Waals surface area contributed by atoms with Crippen molar-refractivity contribution in [1.29, 1.82) is 0 Å². The Hall–Kier alpha value is -1.72. The zero-order valence-corrected chi connectivity index (χ0v) is 9.91. The maximum absolute atomic E-state index is 12.5. The lowest BCUT2D eigenvalue weighted by atomic mass is 10.2. The van der Waals surface area contributed by atoms with Gasteiger partial charge in [-0.3, -0.25) is 4.68 Å². The fourth-order valence-electron chi connectivity index (χ4n) is 1.70. The van der Waals surface area contributed by atoms with Crippen LogP contribution >= 0.6 is 0 Å². The smallest absolute Gasteiger partial charge is 0.269 e. The van der Waals surface area contributed by atoms with Gasteiger partial charge in [-0.05, 0) is 20.8 Å². The average molecular weight is 239 g/mol. The molecule has 0 aliphatic carbocycles. The van der Waals surface area contributed by atoms with E-state index in [0.29, 0.717) is 21.6 Å². The summed E-state index contributed by atoms with van der Waals surface area (Å²) in [5.41, 5.74) is 2.57. The van der Waals surface area contributed by atoms with Gasteiger partial charge in [0.1, 0.15) is 5.69 Å². The summed E-state index contributed by atoms with van der Waals surface area (Å²) in [6, 6.07) is 3.06. The first-order valence-corrected chi connectivity index (χ1v) is 5.34. The highest BCUT2D eigenvalue weighted by molar-refractivity contribution is 5.60. The third kappa shape index (κ3) is 2.07. The Bertz CT molecular complexity index is 528. The number of aryl methyl sites for hydroxylation is 3. The van der Waals surface area contributed by atoms with Crippen molar-refractivity contribution in [2.45, 2.75) is 33.9 Å². The van der Waals surface area contributed by atoms with Gasteiger partial charge in [-0.15, -0.1) is 0 Å². The van der Waals surface area contributed by atoms with E-state index in [1.165, 1.54) is 6.20 Å². The summed E-state index contributed by atoms with van der Waals surface area (Å²) in [5.74, 6) is 0. The minimum atomic E-state index is -2.63. The average Bonchev–Trinajstić information content (AvgIpc) is 2.81.